The minimum Gasteiger partial charge on any atom is -0.493 e. The van der Waals surface area contributed by atoms with E-state index in [1.54, 1.807) is 25.3 Å². The average molecular weight is 425 g/mol. The Hall–Kier alpha value is -3.52. The Balaban J connectivity index is 1.88. The second-order valence-corrected chi connectivity index (χ2v) is 7.21. The normalized spacial score (nSPS) is 10.7. The lowest BCUT2D eigenvalue weighted by molar-refractivity contribution is 0.199. The molecule has 0 aliphatic carbocycles. The summed E-state index contributed by atoms with van der Waals surface area (Å²) in [6.45, 7) is 2.31. The second-order valence-electron chi connectivity index (χ2n) is 7.21. The van der Waals surface area contributed by atoms with Crippen LogP contribution in [0.2, 0.25) is 0 Å². The Bertz CT molecular complexity index is 1110. The summed E-state index contributed by atoms with van der Waals surface area (Å²) >= 11 is 0. The maximum atomic E-state index is 12.9. The molecule has 31 heavy (non-hydrogen) atoms. The van der Waals surface area contributed by atoms with Crippen LogP contribution in [0.25, 0.3) is 10.9 Å². The summed E-state index contributed by atoms with van der Waals surface area (Å²) in [6.07, 6.45) is 0.401. The third kappa shape index (κ3) is 5.35. The van der Waals surface area contributed by atoms with E-state index >= 15 is 0 Å². The van der Waals surface area contributed by atoms with Gasteiger partial charge in [-0.25, -0.2) is 4.79 Å². The van der Waals surface area contributed by atoms with Crippen LogP contribution in [0.5, 0.6) is 11.5 Å². The number of hydrogen-bond acceptors (Lipinski definition) is 5. The standard InChI is InChI=1S/C23H27N3O5/c1-15-5-7-18(8-6-15)24-23(29)26(9-4-10-27)14-17-11-16-12-20(30-2)21(31-3)13-19(16)25-22(17)28/h5-8,11-13,27H,4,9-10,14H2,1-3H3,(H,24,29)(H,25,28). The number of carbonyl (C=O) groups is 1. The number of pyridine rings is 1. The van der Waals surface area contributed by atoms with E-state index in [-0.39, 0.29) is 24.7 Å². The van der Waals surface area contributed by atoms with Gasteiger partial charge in [-0.3, -0.25) is 4.79 Å². The number of rotatable bonds is 8. The minimum absolute atomic E-state index is 0.0562. The fourth-order valence-corrected chi connectivity index (χ4v) is 3.25. The molecule has 3 rings (SSSR count). The maximum absolute atomic E-state index is 12.9. The highest BCUT2D eigenvalue weighted by Gasteiger charge is 2.17. The quantitative estimate of drug-likeness (QED) is 0.514. The Morgan fingerprint density at radius 2 is 1.77 bits per heavy atom. The third-order valence-electron chi connectivity index (χ3n) is 4.96. The number of aromatic amines is 1. The first-order valence-corrected chi connectivity index (χ1v) is 9.96. The van der Waals surface area contributed by atoms with Crippen LogP contribution in [0.3, 0.4) is 0 Å². The molecule has 2 aromatic carbocycles. The lowest BCUT2D eigenvalue weighted by Gasteiger charge is -2.23. The number of nitrogens with one attached hydrogen (secondary N) is 2. The van der Waals surface area contributed by atoms with Crippen molar-refractivity contribution >= 4 is 22.6 Å². The van der Waals surface area contributed by atoms with Crippen LogP contribution in [-0.2, 0) is 6.54 Å². The van der Waals surface area contributed by atoms with Gasteiger partial charge >= 0.3 is 6.03 Å². The molecule has 8 nitrogen and oxygen atoms in total. The summed E-state index contributed by atoms with van der Waals surface area (Å²) in [7, 11) is 3.07. The van der Waals surface area contributed by atoms with Gasteiger partial charge < -0.3 is 29.8 Å². The number of aryl methyl sites for hydroxylation is 1. The molecule has 0 atom stereocenters. The van der Waals surface area contributed by atoms with Crippen molar-refractivity contribution in [3.8, 4) is 11.5 Å². The van der Waals surface area contributed by atoms with Gasteiger partial charge in [-0.1, -0.05) is 17.7 Å². The van der Waals surface area contributed by atoms with Gasteiger partial charge in [0.05, 0.1) is 26.3 Å². The van der Waals surface area contributed by atoms with Crippen LogP contribution in [0.15, 0.2) is 47.3 Å². The van der Waals surface area contributed by atoms with Crippen molar-refractivity contribution in [2.24, 2.45) is 0 Å². The number of aromatic nitrogens is 1. The third-order valence-corrected chi connectivity index (χ3v) is 4.96. The molecule has 0 spiro atoms. The number of urea groups is 1. The van der Waals surface area contributed by atoms with Gasteiger partial charge in [-0.2, -0.15) is 0 Å². The molecule has 0 radical (unpaired) electrons. The zero-order valence-corrected chi connectivity index (χ0v) is 17.9. The van der Waals surface area contributed by atoms with E-state index in [2.05, 4.69) is 10.3 Å². The second kappa shape index (κ2) is 9.99. The Morgan fingerprint density at radius 3 is 2.42 bits per heavy atom. The zero-order valence-electron chi connectivity index (χ0n) is 17.9. The topological polar surface area (TPSA) is 104 Å². The first-order chi connectivity index (χ1) is 14.9. The highest BCUT2D eigenvalue weighted by Crippen LogP contribution is 2.31. The van der Waals surface area contributed by atoms with Crippen molar-refractivity contribution in [2.45, 2.75) is 19.9 Å². The molecule has 2 amide bonds. The summed E-state index contributed by atoms with van der Waals surface area (Å²) in [4.78, 5) is 29.9. The van der Waals surface area contributed by atoms with Crippen molar-refractivity contribution in [1.29, 1.82) is 0 Å². The SMILES string of the molecule is COc1cc2cc(CN(CCCO)C(=O)Nc3ccc(C)cc3)c(=O)[nH]c2cc1OC. The van der Waals surface area contributed by atoms with Crippen molar-refractivity contribution in [3.63, 3.8) is 0 Å². The number of fused-ring (bicyclic) bond motifs is 1. The highest BCUT2D eigenvalue weighted by atomic mass is 16.5. The van der Waals surface area contributed by atoms with E-state index < -0.39 is 0 Å². The van der Waals surface area contributed by atoms with E-state index in [0.717, 1.165) is 10.9 Å². The van der Waals surface area contributed by atoms with Gasteiger partial charge in [0.15, 0.2) is 11.5 Å². The molecule has 0 aliphatic rings. The van der Waals surface area contributed by atoms with Crippen LogP contribution in [0, 0.1) is 6.92 Å². The summed E-state index contributed by atoms with van der Waals surface area (Å²) in [6, 6.07) is 12.3. The Kier molecular flexibility index (Phi) is 7.15. The van der Waals surface area contributed by atoms with Crippen LogP contribution in [-0.4, -0.2) is 48.4 Å². The largest absolute Gasteiger partial charge is 0.493 e. The van der Waals surface area contributed by atoms with Gasteiger partial charge in [0, 0.05) is 35.9 Å². The molecular formula is C23H27N3O5. The Morgan fingerprint density at radius 1 is 1.10 bits per heavy atom. The molecule has 0 saturated carbocycles. The number of H-pyrrole nitrogens is 1. The van der Waals surface area contributed by atoms with Gasteiger partial charge in [-0.05, 0) is 37.6 Å². The predicted molar refractivity (Wildman–Crippen MR) is 120 cm³/mol. The van der Waals surface area contributed by atoms with Crippen molar-refractivity contribution in [1.82, 2.24) is 9.88 Å². The number of carbonyl (C=O) groups excluding carboxylic acids is 1. The average Bonchev–Trinajstić information content (AvgIpc) is 2.77. The number of aliphatic hydroxyl groups is 1. The van der Waals surface area contributed by atoms with Gasteiger partial charge in [0.2, 0.25) is 0 Å². The predicted octanol–water partition coefficient (Wildman–Crippen LogP) is 3.27. The number of ether oxygens (including phenoxy) is 2. The molecule has 0 aliphatic heterocycles. The molecule has 0 fully saturated rings. The molecule has 8 heteroatoms. The summed E-state index contributed by atoms with van der Waals surface area (Å²) in [5, 5.41) is 12.8. The van der Waals surface area contributed by atoms with Gasteiger partial charge in [0.25, 0.3) is 5.56 Å². The molecule has 3 aromatic rings. The Labute approximate surface area is 180 Å². The summed E-state index contributed by atoms with van der Waals surface area (Å²) < 4.78 is 10.6. The fraction of sp³-hybridized carbons (Fsp3) is 0.304. The maximum Gasteiger partial charge on any atom is 0.322 e. The molecule has 1 aromatic heterocycles. The van der Waals surface area contributed by atoms with E-state index in [9.17, 15) is 14.7 Å². The highest BCUT2D eigenvalue weighted by molar-refractivity contribution is 5.89. The van der Waals surface area contributed by atoms with Crippen molar-refractivity contribution in [2.75, 3.05) is 32.7 Å². The van der Waals surface area contributed by atoms with E-state index in [1.165, 1.54) is 12.0 Å². The van der Waals surface area contributed by atoms with E-state index in [0.29, 0.717) is 41.2 Å². The molecule has 0 unspecified atom stereocenters. The lowest BCUT2D eigenvalue weighted by Crippen LogP contribution is -2.37. The fourth-order valence-electron chi connectivity index (χ4n) is 3.25. The molecule has 3 N–H and O–H groups in total. The monoisotopic (exact) mass is 425 g/mol. The summed E-state index contributed by atoms with van der Waals surface area (Å²) in [5.41, 5.74) is 2.49. The van der Waals surface area contributed by atoms with Gasteiger partial charge in [0.1, 0.15) is 0 Å². The molecule has 0 bridgehead atoms. The van der Waals surface area contributed by atoms with Crippen molar-refractivity contribution < 1.29 is 19.4 Å². The molecule has 164 valence electrons. The number of aliphatic hydroxyl groups excluding tert-OH is 1. The number of amides is 2. The number of hydrogen-bond donors (Lipinski definition) is 3. The lowest BCUT2D eigenvalue weighted by atomic mass is 10.1. The van der Waals surface area contributed by atoms with Crippen LogP contribution >= 0.6 is 0 Å². The number of anilines is 1. The number of benzene rings is 2. The van der Waals surface area contributed by atoms with E-state index in [4.69, 9.17) is 9.47 Å². The molecular weight excluding hydrogens is 398 g/mol. The first-order valence-electron chi connectivity index (χ1n) is 9.96. The first kappa shape index (κ1) is 22.2. The molecule has 1 heterocycles. The van der Waals surface area contributed by atoms with Crippen LogP contribution < -0.4 is 20.3 Å². The van der Waals surface area contributed by atoms with Crippen LogP contribution in [0.1, 0.15) is 17.5 Å². The zero-order chi connectivity index (χ0) is 22.4. The molecule has 0 saturated heterocycles. The van der Waals surface area contributed by atoms with Crippen molar-refractivity contribution in [3.05, 3.63) is 63.9 Å². The van der Waals surface area contributed by atoms with E-state index in [1.807, 2.05) is 31.2 Å². The van der Waals surface area contributed by atoms with Crippen LogP contribution in [0.4, 0.5) is 10.5 Å². The number of methoxy groups -OCH3 is 2. The minimum atomic E-state index is -0.343. The van der Waals surface area contributed by atoms with Gasteiger partial charge in [-0.15, -0.1) is 0 Å². The smallest absolute Gasteiger partial charge is 0.322 e. The summed E-state index contributed by atoms with van der Waals surface area (Å²) in [5.74, 6) is 1.06. The number of nitrogens with zero attached hydrogens (tertiary/aromatic N) is 1.